The third kappa shape index (κ3) is 4.55. The summed E-state index contributed by atoms with van der Waals surface area (Å²) in [6.45, 7) is 3.99. The molecular weight excluding hydrogens is 376 g/mol. The van der Waals surface area contributed by atoms with Crippen molar-refractivity contribution < 1.29 is 9.21 Å². The molecule has 1 saturated heterocycles. The van der Waals surface area contributed by atoms with Crippen molar-refractivity contribution in [3.8, 4) is 11.5 Å². The van der Waals surface area contributed by atoms with Gasteiger partial charge < -0.3 is 19.5 Å². The molecule has 0 unspecified atom stereocenters. The van der Waals surface area contributed by atoms with Crippen LogP contribution in [0.15, 0.2) is 39.6 Å². The molecule has 3 aromatic heterocycles. The van der Waals surface area contributed by atoms with Gasteiger partial charge in [0.2, 0.25) is 17.7 Å². The van der Waals surface area contributed by atoms with Crippen molar-refractivity contribution in [1.82, 2.24) is 20.1 Å². The monoisotopic (exact) mass is 398 g/mol. The molecule has 0 aromatic carbocycles. The molecular formula is C19H22N6O2S. The number of hydrogen-bond donors (Lipinski definition) is 1. The van der Waals surface area contributed by atoms with Gasteiger partial charge in [-0.25, -0.2) is 4.98 Å². The molecule has 0 radical (unpaired) electrons. The number of amides is 1. The second-order valence-corrected chi connectivity index (χ2v) is 7.54. The molecule has 4 heterocycles. The number of piperazine rings is 1. The minimum Gasteiger partial charge on any atom is -0.421 e. The van der Waals surface area contributed by atoms with Gasteiger partial charge in [-0.3, -0.25) is 4.79 Å². The fraction of sp³-hybridized carbons (Fsp3) is 0.368. The Labute approximate surface area is 167 Å². The summed E-state index contributed by atoms with van der Waals surface area (Å²) in [5.74, 6) is 1.78. The number of pyridine rings is 1. The van der Waals surface area contributed by atoms with Gasteiger partial charge in [-0.05, 0) is 30.6 Å². The van der Waals surface area contributed by atoms with E-state index in [1.165, 1.54) is 0 Å². The smallest absolute Gasteiger partial charge is 0.248 e. The van der Waals surface area contributed by atoms with Crippen LogP contribution in [0.3, 0.4) is 0 Å². The Balaban J connectivity index is 1.27. The van der Waals surface area contributed by atoms with Gasteiger partial charge in [-0.2, -0.15) is 11.3 Å². The lowest BCUT2D eigenvalue weighted by molar-refractivity contribution is -0.116. The number of carbonyl (C=O) groups is 1. The van der Waals surface area contributed by atoms with Gasteiger partial charge in [0.1, 0.15) is 5.82 Å². The number of hydrogen-bond acceptors (Lipinski definition) is 8. The number of carbonyl (C=O) groups excluding carboxylic acids is 1. The summed E-state index contributed by atoms with van der Waals surface area (Å²) in [5.41, 5.74) is 1.59. The number of anilines is 2. The Morgan fingerprint density at radius 3 is 2.79 bits per heavy atom. The summed E-state index contributed by atoms with van der Waals surface area (Å²) in [6.07, 6.45) is 2.37. The largest absolute Gasteiger partial charge is 0.421 e. The maximum atomic E-state index is 12.2. The van der Waals surface area contributed by atoms with Gasteiger partial charge in [0.15, 0.2) is 0 Å². The van der Waals surface area contributed by atoms with Crippen molar-refractivity contribution >= 4 is 28.7 Å². The molecule has 0 atom stereocenters. The molecule has 1 fully saturated rings. The van der Waals surface area contributed by atoms with E-state index in [1.807, 2.05) is 29.0 Å². The van der Waals surface area contributed by atoms with Crippen LogP contribution < -0.4 is 10.2 Å². The lowest BCUT2D eigenvalue weighted by atomic mass is 10.2. The highest BCUT2D eigenvalue weighted by atomic mass is 32.1. The zero-order valence-corrected chi connectivity index (χ0v) is 16.5. The minimum atomic E-state index is -0.107. The predicted molar refractivity (Wildman–Crippen MR) is 109 cm³/mol. The minimum absolute atomic E-state index is 0.107. The number of rotatable bonds is 6. The fourth-order valence-corrected chi connectivity index (χ4v) is 3.61. The summed E-state index contributed by atoms with van der Waals surface area (Å²) in [5, 5.41) is 14.8. The first-order chi connectivity index (χ1) is 13.7. The molecule has 0 aliphatic carbocycles. The molecule has 9 heteroatoms. The Bertz CT molecular complexity index is 901. The van der Waals surface area contributed by atoms with Crippen LogP contribution in [0.1, 0.15) is 12.3 Å². The zero-order chi connectivity index (χ0) is 19.3. The molecule has 0 spiro atoms. The van der Waals surface area contributed by atoms with Crippen molar-refractivity contribution in [2.75, 3.05) is 43.4 Å². The summed E-state index contributed by atoms with van der Waals surface area (Å²) >= 11 is 1.57. The number of aromatic nitrogens is 3. The van der Waals surface area contributed by atoms with Gasteiger partial charge >= 0.3 is 0 Å². The third-order valence-electron chi connectivity index (χ3n) is 4.66. The molecule has 0 bridgehead atoms. The molecule has 4 rings (SSSR count). The van der Waals surface area contributed by atoms with E-state index in [1.54, 1.807) is 17.5 Å². The number of thiophene rings is 1. The lowest BCUT2D eigenvalue weighted by Gasteiger charge is -2.33. The first-order valence-electron chi connectivity index (χ1n) is 9.22. The molecule has 146 valence electrons. The van der Waals surface area contributed by atoms with Gasteiger partial charge in [-0.1, -0.05) is 0 Å². The van der Waals surface area contributed by atoms with Gasteiger partial charge in [0, 0.05) is 50.0 Å². The summed E-state index contributed by atoms with van der Waals surface area (Å²) in [7, 11) is 2.13. The van der Waals surface area contributed by atoms with Crippen molar-refractivity contribution in [2.45, 2.75) is 12.8 Å². The summed E-state index contributed by atoms with van der Waals surface area (Å²) < 4.78 is 5.60. The highest BCUT2D eigenvalue weighted by Crippen LogP contribution is 2.21. The fourth-order valence-electron chi connectivity index (χ4n) is 2.98. The molecule has 1 aliphatic rings. The number of nitrogens with one attached hydrogen (secondary N) is 1. The topological polar surface area (TPSA) is 87.4 Å². The summed E-state index contributed by atoms with van der Waals surface area (Å²) in [6, 6.07) is 5.76. The number of nitrogens with zero attached hydrogens (tertiary/aromatic N) is 5. The van der Waals surface area contributed by atoms with E-state index in [0.29, 0.717) is 23.9 Å². The standard InChI is InChI=1S/C19H22N6O2S/c1-24-7-9-25(10-8-24)16-3-2-15(12-20-16)21-17(26)4-5-18-22-23-19(27-18)14-6-11-28-13-14/h2-3,6,11-13H,4-5,7-10H2,1H3,(H,21,26). The van der Waals surface area contributed by atoms with E-state index < -0.39 is 0 Å². The van der Waals surface area contributed by atoms with E-state index >= 15 is 0 Å². The van der Waals surface area contributed by atoms with Crippen LogP contribution in [0.5, 0.6) is 0 Å². The Morgan fingerprint density at radius 1 is 1.21 bits per heavy atom. The average Bonchev–Trinajstić information content (AvgIpc) is 3.39. The van der Waals surface area contributed by atoms with E-state index in [-0.39, 0.29) is 12.3 Å². The van der Waals surface area contributed by atoms with Gasteiger partial charge in [0.25, 0.3) is 0 Å². The van der Waals surface area contributed by atoms with Crippen LogP contribution in [0.2, 0.25) is 0 Å². The number of likely N-dealkylation sites (N-methyl/N-ethyl adjacent to an activating group) is 1. The SMILES string of the molecule is CN1CCN(c2ccc(NC(=O)CCc3nnc(-c4ccsc4)o3)cn2)CC1. The van der Waals surface area contributed by atoms with Crippen LogP contribution in [0.4, 0.5) is 11.5 Å². The van der Waals surface area contributed by atoms with Crippen molar-refractivity contribution in [2.24, 2.45) is 0 Å². The Hall–Kier alpha value is -2.78. The van der Waals surface area contributed by atoms with E-state index in [0.717, 1.165) is 37.6 Å². The van der Waals surface area contributed by atoms with E-state index in [9.17, 15) is 4.79 Å². The maximum Gasteiger partial charge on any atom is 0.248 e. The van der Waals surface area contributed by atoms with Crippen LogP contribution in [-0.2, 0) is 11.2 Å². The van der Waals surface area contributed by atoms with Crippen LogP contribution in [0.25, 0.3) is 11.5 Å². The number of aryl methyl sites for hydroxylation is 1. The van der Waals surface area contributed by atoms with Crippen molar-refractivity contribution in [3.05, 3.63) is 41.0 Å². The average molecular weight is 398 g/mol. The van der Waals surface area contributed by atoms with E-state index in [2.05, 4.69) is 37.3 Å². The second-order valence-electron chi connectivity index (χ2n) is 6.76. The third-order valence-corrected chi connectivity index (χ3v) is 5.34. The Kier molecular flexibility index (Phi) is 5.63. The normalized spacial score (nSPS) is 15.0. The van der Waals surface area contributed by atoms with Gasteiger partial charge in [-0.15, -0.1) is 10.2 Å². The summed E-state index contributed by atoms with van der Waals surface area (Å²) in [4.78, 5) is 21.2. The Morgan fingerprint density at radius 2 is 2.07 bits per heavy atom. The first kappa shape index (κ1) is 18.6. The molecule has 1 aliphatic heterocycles. The quantitative estimate of drug-likeness (QED) is 0.683. The van der Waals surface area contributed by atoms with E-state index in [4.69, 9.17) is 4.42 Å². The predicted octanol–water partition coefficient (Wildman–Crippen LogP) is 2.52. The molecule has 1 N–H and O–H groups in total. The molecule has 28 heavy (non-hydrogen) atoms. The second kappa shape index (κ2) is 8.49. The highest BCUT2D eigenvalue weighted by Gasteiger charge is 2.15. The van der Waals surface area contributed by atoms with Crippen LogP contribution in [-0.4, -0.2) is 59.2 Å². The molecule has 1 amide bonds. The first-order valence-corrected chi connectivity index (χ1v) is 10.2. The van der Waals surface area contributed by atoms with Gasteiger partial charge in [0.05, 0.1) is 11.9 Å². The zero-order valence-electron chi connectivity index (χ0n) is 15.7. The van der Waals surface area contributed by atoms with Crippen LogP contribution >= 0.6 is 11.3 Å². The maximum absolute atomic E-state index is 12.2. The molecule has 0 saturated carbocycles. The highest BCUT2D eigenvalue weighted by molar-refractivity contribution is 7.08. The van der Waals surface area contributed by atoms with Crippen molar-refractivity contribution in [1.29, 1.82) is 0 Å². The van der Waals surface area contributed by atoms with Crippen LogP contribution in [0, 0.1) is 0 Å². The lowest BCUT2D eigenvalue weighted by Crippen LogP contribution is -2.44. The molecule has 3 aromatic rings. The van der Waals surface area contributed by atoms with Crippen molar-refractivity contribution in [3.63, 3.8) is 0 Å². The molecule has 8 nitrogen and oxygen atoms in total.